The summed E-state index contributed by atoms with van der Waals surface area (Å²) >= 11 is 0.956. The zero-order valence-electron chi connectivity index (χ0n) is 15.6. The molecule has 1 aromatic carbocycles. The van der Waals surface area contributed by atoms with Crippen LogP contribution < -0.4 is 9.47 Å². The minimum absolute atomic E-state index is 0.119. The Morgan fingerprint density at radius 1 is 1.17 bits per heavy atom. The number of pyridine rings is 1. The van der Waals surface area contributed by atoms with Crippen molar-refractivity contribution >= 4 is 21.6 Å². The summed E-state index contributed by atoms with van der Waals surface area (Å²) < 4.78 is 61.1. The van der Waals surface area contributed by atoms with Gasteiger partial charge < -0.3 is 14.6 Å². The van der Waals surface area contributed by atoms with Gasteiger partial charge in [0.2, 0.25) is 0 Å². The first-order chi connectivity index (χ1) is 13.7. The van der Waals surface area contributed by atoms with E-state index in [1.165, 1.54) is 12.4 Å². The van der Waals surface area contributed by atoms with E-state index < -0.39 is 23.5 Å². The summed E-state index contributed by atoms with van der Waals surface area (Å²) in [6.45, 7) is 4.03. The second-order valence-corrected chi connectivity index (χ2v) is 7.26. The fourth-order valence-corrected chi connectivity index (χ4v) is 4.11. The van der Waals surface area contributed by atoms with Gasteiger partial charge in [-0.25, -0.2) is 9.37 Å². The lowest BCUT2D eigenvalue weighted by Crippen LogP contribution is -2.28. The maximum atomic E-state index is 14.0. The number of ether oxygens (including phenoxy) is 2. The Morgan fingerprint density at radius 2 is 1.93 bits per heavy atom. The Kier molecular flexibility index (Phi) is 5.95. The highest BCUT2D eigenvalue weighted by molar-refractivity contribution is 7.18. The Hall–Kier alpha value is -2.46. The fraction of sp³-hybridized carbons (Fsp3) is 0.368. The van der Waals surface area contributed by atoms with E-state index in [0.717, 1.165) is 23.5 Å². The second kappa shape index (κ2) is 8.11. The topological polar surface area (TPSA) is 64.5 Å². The predicted molar refractivity (Wildman–Crippen MR) is 99.6 cm³/mol. The molecule has 1 unspecified atom stereocenters. The summed E-state index contributed by atoms with van der Waals surface area (Å²) in [6, 6.07) is 3.40. The van der Waals surface area contributed by atoms with Gasteiger partial charge in [0.1, 0.15) is 16.4 Å². The van der Waals surface area contributed by atoms with Crippen LogP contribution in [-0.4, -0.2) is 28.0 Å². The predicted octanol–water partition coefficient (Wildman–Crippen LogP) is 5.16. The smallest absolute Gasteiger partial charge is 0.493 e. The van der Waals surface area contributed by atoms with Crippen LogP contribution in [0.25, 0.3) is 10.2 Å². The molecule has 2 aromatic heterocycles. The van der Waals surface area contributed by atoms with E-state index in [2.05, 4.69) is 14.7 Å². The standard InChI is InChI=1S/C19H18F4N2O3S/c1-3-6-18(26,11-10-24-7-5-14(11)27-4-2)17-25-13-8-12(20)15(9-16(13)29-17)28-19(21,22)23/h5,7-10,26H,3-4,6H2,1-2H3. The van der Waals surface area contributed by atoms with Gasteiger partial charge in [-0.15, -0.1) is 24.5 Å². The third-order valence-electron chi connectivity index (χ3n) is 4.16. The minimum Gasteiger partial charge on any atom is -0.493 e. The molecule has 1 N–H and O–H groups in total. The van der Waals surface area contributed by atoms with Crippen LogP contribution in [0, 0.1) is 5.82 Å². The lowest BCUT2D eigenvalue weighted by atomic mass is 9.90. The number of nitrogens with zero attached hydrogens (tertiary/aromatic N) is 2. The normalized spacial score (nSPS) is 14.0. The minimum atomic E-state index is -5.02. The average molecular weight is 430 g/mol. The van der Waals surface area contributed by atoms with Crippen LogP contribution >= 0.6 is 11.3 Å². The van der Waals surface area contributed by atoms with Gasteiger partial charge in [0.25, 0.3) is 0 Å². The summed E-state index contributed by atoms with van der Waals surface area (Å²) in [7, 11) is 0. The van der Waals surface area contributed by atoms with Crippen molar-refractivity contribution in [1.29, 1.82) is 0 Å². The number of aromatic nitrogens is 2. The molecule has 0 aliphatic rings. The van der Waals surface area contributed by atoms with Crippen LogP contribution in [0.5, 0.6) is 11.5 Å². The number of aliphatic hydroxyl groups is 1. The van der Waals surface area contributed by atoms with Gasteiger partial charge >= 0.3 is 6.36 Å². The molecular weight excluding hydrogens is 412 g/mol. The number of halogens is 4. The number of alkyl halides is 3. The maximum Gasteiger partial charge on any atom is 0.573 e. The molecule has 10 heteroatoms. The molecule has 0 aliphatic heterocycles. The van der Waals surface area contributed by atoms with Gasteiger partial charge in [-0.05, 0) is 19.4 Å². The van der Waals surface area contributed by atoms with E-state index in [-0.39, 0.29) is 21.6 Å². The van der Waals surface area contributed by atoms with Crippen LogP contribution in [-0.2, 0) is 5.60 Å². The Labute approximate surface area is 167 Å². The highest BCUT2D eigenvalue weighted by Gasteiger charge is 2.38. The fourth-order valence-electron chi connectivity index (χ4n) is 3.00. The first kappa shape index (κ1) is 21.3. The molecule has 0 aliphatic carbocycles. The summed E-state index contributed by atoms with van der Waals surface area (Å²) in [4.78, 5) is 8.34. The molecule has 5 nitrogen and oxygen atoms in total. The van der Waals surface area contributed by atoms with Gasteiger partial charge in [-0.1, -0.05) is 13.3 Å². The van der Waals surface area contributed by atoms with Crippen LogP contribution in [0.15, 0.2) is 30.6 Å². The van der Waals surface area contributed by atoms with Crippen molar-refractivity contribution in [3.8, 4) is 11.5 Å². The summed E-state index contributed by atoms with van der Waals surface area (Å²) in [5.41, 5.74) is -1.10. The number of hydrogen-bond donors (Lipinski definition) is 1. The van der Waals surface area contributed by atoms with Crippen molar-refractivity contribution in [3.05, 3.63) is 47.0 Å². The van der Waals surface area contributed by atoms with Crippen LogP contribution in [0.2, 0.25) is 0 Å². The van der Waals surface area contributed by atoms with Crippen molar-refractivity contribution in [3.63, 3.8) is 0 Å². The Bertz CT molecular complexity index is 1010. The highest BCUT2D eigenvalue weighted by Crippen LogP contribution is 2.43. The summed E-state index contributed by atoms with van der Waals surface area (Å²) in [6.07, 6.45) is -1.20. The first-order valence-electron chi connectivity index (χ1n) is 8.84. The van der Waals surface area contributed by atoms with E-state index >= 15 is 0 Å². The lowest BCUT2D eigenvalue weighted by molar-refractivity contribution is -0.275. The molecule has 0 saturated heterocycles. The number of fused-ring (bicyclic) bond motifs is 1. The number of benzene rings is 1. The third kappa shape index (κ3) is 4.43. The second-order valence-electron chi connectivity index (χ2n) is 6.23. The quantitative estimate of drug-likeness (QED) is 0.525. The van der Waals surface area contributed by atoms with Gasteiger partial charge in [0.15, 0.2) is 11.6 Å². The van der Waals surface area contributed by atoms with Crippen molar-refractivity contribution in [2.24, 2.45) is 0 Å². The van der Waals surface area contributed by atoms with E-state index in [9.17, 15) is 22.7 Å². The van der Waals surface area contributed by atoms with Crippen LogP contribution in [0.4, 0.5) is 17.6 Å². The Morgan fingerprint density at radius 3 is 2.59 bits per heavy atom. The maximum absolute atomic E-state index is 14.0. The molecule has 0 radical (unpaired) electrons. The van der Waals surface area contributed by atoms with Crippen molar-refractivity contribution in [2.45, 2.75) is 38.7 Å². The molecule has 0 amide bonds. The molecule has 3 rings (SSSR count). The van der Waals surface area contributed by atoms with E-state index in [1.807, 2.05) is 6.92 Å². The molecule has 0 fully saturated rings. The molecule has 156 valence electrons. The SMILES string of the molecule is CCCC(O)(c1nc2cc(F)c(OC(F)(F)F)cc2s1)c1cnccc1OCC. The monoisotopic (exact) mass is 430 g/mol. The van der Waals surface area contributed by atoms with Gasteiger partial charge in [0, 0.05) is 24.5 Å². The highest BCUT2D eigenvalue weighted by atomic mass is 32.1. The van der Waals surface area contributed by atoms with Crippen molar-refractivity contribution in [2.75, 3.05) is 6.61 Å². The van der Waals surface area contributed by atoms with E-state index in [1.54, 1.807) is 13.0 Å². The summed E-state index contributed by atoms with van der Waals surface area (Å²) in [5, 5.41) is 11.7. The molecular formula is C19H18F4N2O3S. The molecule has 29 heavy (non-hydrogen) atoms. The largest absolute Gasteiger partial charge is 0.573 e. The Balaban J connectivity index is 2.13. The number of thiazole rings is 1. The van der Waals surface area contributed by atoms with Gasteiger partial charge in [0.05, 0.1) is 22.4 Å². The van der Waals surface area contributed by atoms with Crippen LogP contribution in [0.1, 0.15) is 37.3 Å². The molecule has 3 aromatic rings. The first-order valence-corrected chi connectivity index (χ1v) is 9.65. The zero-order valence-corrected chi connectivity index (χ0v) is 16.4. The third-order valence-corrected chi connectivity index (χ3v) is 5.33. The molecule has 0 spiro atoms. The van der Waals surface area contributed by atoms with Crippen molar-refractivity contribution in [1.82, 2.24) is 9.97 Å². The zero-order chi connectivity index (χ0) is 21.2. The molecule has 0 bridgehead atoms. The van der Waals surface area contributed by atoms with E-state index in [0.29, 0.717) is 24.3 Å². The number of rotatable bonds is 7. The van der Waals surface area contributed by atoms with Gasteiger partial charge in [-0.3, -0.25) is 4.98 Å². The lowest BCUT2D eigenvalue weighted by Gasteiger charge is -2.27. The van der Waals surface area contributed by atoms with E-state index in [4.69, 9.17) is 4.74 Å². The molecule has 0 saturated carbocycles. The van der Waals surface area contributed by atoms with Crippen molar-refractivity contribution < 1.29 is 32.1 Å². The van der Waals surface area contributed by atoms with Gasteiger partial charge in [-0.2, -0.15) is 0 Å². The average Bonchev–Trinajstić information content (AvgIpc) is 3.05. The van der Waals surface area contributed by atoms with Crippen LogP contribution in [0.3, 0.4) is 0 Å². The summed E-state index contributed by atoms with van der Waals surface area (Å²) in [5.74, 6) is -1.72. The molecule has 2 heterocycles. The number of hydrogen-bond acceptors (Lipinski definition) is 6. The molecule has 1 atom stereocenters.